The molecule has 0 spiro atoms. The topological polar surface area (TPSA) is 60.5 Å². The Morgan fingerprint density at radius 2 is 1.83 bits per heavy atom. The highest BCUT2D eigenvalue weighted by atomic mass is 35.5. The Labute approximate surface area is 143 Å². The highest BCUT2D eigenvalue weighted by Gasteiger charge is 2.19. The van der Waals surface area contributed by atoms with Crippen LogP contribution in [0.2, 0.25) is 10.0 Å². The van der Waals surface area contributed by atoms with E-state index in [2.05, 4.69) is 10.3 Å². The molecule has 1 aromatic heterocycles. The molecule has 0 radical (unpaired) electrons. The molecule has 2 heterocycles. The molecule has 2 aromatic rings. The number of hydrogen-bond acceptors (Lipinski definition) is 5. The zero-order chi connectivity index (χ0) is 16.2. The number of benzene rings is 1. The van der Waals surface area contributed by atoms with Gasteiger partial charge in [-0.2, -0.15) is 0 Å². The second-order valence-electron chi connectivity index (χ2n) is 5.02. The summed E-state index contributed by atoms with van der Waals surface area (Å²) in [5.41, 5.74) is 1.98. The molecule has 5 nitrogen and oxygen atoms in total. The van der Waals surface area contributed by atoms with Crippen molar-refractivity contribution in [2.75, 3.05) is 25.1 Å². The van der Waals surface area contributed by atoms with E-state index in [9.17, 15) is 4.79 Å². The van der Waals surface area contributed by atoms with E-state index in [0.717, 1.165) is 5.56 Å². The quantitative estimate of drug-likeness (QED) is 0.830. The zero-order valence-electron chi connectivity index (χ0n) is 12.1. The molecular formula is C16H14Cl2N2O3. The first-order chi connectivity index (χ1) is 11.1. The maximum Gasteiger partial charge on any atom is 0.185 e. The van der Waals surface area contributed by atoms with Crippen LogP contribution >= 0.6 is 23.2 Å². The molecule has 1 aliphatic heterocycles. The predicted molar refractivity (Wildman–Crippen MR) is 88.2 cm³/mol. The molecule has 3 rings (SSSR count). The van der Waals surface area contributed by atoms with Crippen LogP contribution in [-0.4, -0.2) is 30.5 Å². The number of rotatable bonds is 5. The van der Waals surface area contributed by atoms with Gasteiger partial charge in [-0.3, -0.25) is 9.78 Å². The van der Waals surface area contributed by atoms with Crippen LogP contribution in [0.4, 0.5) is 5.69 Å². The van der Waals surface area contributed by atoms with Gasteiger partial charge in [-0.25, -0.2) is 0 Å². The number of nitrogens with zero attached hydrogens (tertiary/aromatic N) is 1. The lowest BCUT2D eigenvalue weighted by molar-refractivity contribution is -0.0443. The van der Waals surface area contributed by atoms with E-state index in [1.807, 2.05) is 6.07 Å². The second-order valence-corrected chi connectivity index (χ2v) is 5.89. The Morgan fingerprint density at radius 3 is 2.52 bits per heavy atom. The number of pyridine rings is 1. The molecule has 0 unspecified atom stereocenters. The van der Waals surface area contributed by atoms with Crippen LogP contribution < -0.4 is 5.32 Å². The van der Waals surface area contributed by atoms with Crippen LogP contribution in [0.15, 0.2) is 36.7 Å². The SMILES string of the molecule is O=C(CNc1cncc(C2OCCO2)c1)c1cc(Cl)cc(Cl)c1. The van der Waals surface area contributed by atoms with Crippen molar-refractivity contribution in [2.45, 2.75) is 6.29 Å². The summed E-state index contributed by atoms with van der Waals surface area (Å²) in [6.45, 7) is 1.24. The first-order valence-corrected chi connectivity index (χ1v) is 7.79. The third-order valence-electron chi connectivity index (χ3n) is 3.29. The van der Waals surface area contributed by atoms with Crippen LogP contribution in [0.1, 0.15) is 22.2 Å². The minimum Gasteiger partial charge on any atom is -0.376 e. The predicted octanol–water partition coefficient (Wildman–Crippen LogP) is 3.73. The Kier molecular flexibility index (Phi) is 5.13. The number of halogens is 2. The van der Waals surface area contributed by atoms with Gasteiger partial charge in [-0.05, 0) is 24.3 Å². The van der Waals surface area contributed by atoms with Gasteiger partial charge in [0.15, 0.2) is 12.1 Å². The number of aromatic nitrogens is 1. The van der Waals surface area contributed by atoms with Gasteiger partial charge < -0.3 is 14.8 Å². The average Bonchev–Trinajstić information content (AvgIpc) is 3.06. The highest BCUT2D eigenvalue weighted by molar-refractivity contribution is 6.35. The molecule has 0 amide bonds. The van der Waals surface area contributed by atoms with Gasteiger partial charge in [0, 0.05) is 33.6 Å². The third kappa shape index (κ3) is 4.20. The van der Waals surface area contributed by atoms with Crippen molar-refractivity contribution >= 4 is 34.7 Å². The summed E-state index contributed by atoms with van der Waals surface area (Å²) in [4.78, 5) is 16.3. The molecule has 1 saturated heterocycles. The van der Waals surface area contributed by atoms with Crippen molar-refractivity contribution in [3.8, 4) is 0 Å². The van der Waals surface area contributed by atoms with Crippen LogP contribution in [0.3, 0.4) is 0 Å². The fourth-order valence-electron chi connectivity index (χ4n) is 2.23. The second kappa shape index (κ2) is 7.27. The lowest BCUT2D eigenvalue weighted by Crippen LogP contribution is -2.14. The van der Waals surface area contributed by atoms with Gasteiger partial charge in [0.2, 0.25) is 0 Å². The van der Waals surface area contributed by atoms with Gasteiger partial charge in [0.25, 0.3) is 0 Å². The average molecular weight is 353 g/mol. The minimum atomic E-state index is -0.397. The van der Waals surface area contributed by atoms with Crippen molar-refractivity contribution in [3.63, 3.8) is 0 Å². The summed E-state index contributed by atoms with van der Waals surface area (Å²) in [6, 6.07) is 6.61. The summed E-state index contributed by atoms with van der Waals surface area (Å²) in [5.74, 6) is -0.117. The summed E-state index contributed by atoms with van der Waals surface area (Å²) in [6.07, 6.45) is 2.92. The summed E-state index contributed by atoms with van der Waals surface area (Å²) in [5, 5.41) is 3.90. The monoisotopic (exact) mass is 352 g/mol. The number of ketones is 1. The van der Waals surface area contributed by atoms with Crippen molar-refractivity contribution in [3.05, 3.63) is 57.8 Å². The van der Waals surface area contributed by atoms with Crippen molar-refractivity contribution < 1.29 is 14.3 Å². The van der Waals surface area contributed by atoms with Crippen LogP contribution in [-0.2, 0) is 9.47 Å². The molecule has 120 valence electrons. The van der Waals surface area contributed by atoms with E-state index in [4.69, 9.17) is 32.7 Å². The van der Waals surface area contributed by atoms with Crippen molar-refractivity contribution in [1.82, 2.24) is 4.98 Å². The van der Waals surface area contributed by atoms with Gasteiger partial charge in [0.1, 0.15) is 0 Å². The lowest BCUT2D eigenvalue weighted by atomic mass is 10.1. The van der Waals surface area contributed by atoms with E-state index in [0.29, 0.717) is 34.5 Å². The number of hydrogen-bond donors (Lipinski definition) is 1. The van der Waals surface area contributed by atoms with Crippen LogP contribution in [0, 0.1) is 0 Å². The highest BCUT2D eigenvalue weighted by Crippen LogP contribution is 2.24. The number of carbonyl (C=O) groups excluding carboxylic acids is 1. The minimum absolute atomic E-state index is 0.105. The molecule has 0 aliphatic carbocycles. The molecule has 0 bridgehead atoms. The fraction of sp³-hybridized carbons (Fsp3) is 0.250. The molecule has 0 saturated carbocycles. The fourth-order valence-corrected chi connectivity index (χ4v) is 2.76. The maximum atomic E-state index is 12.2. The number of Topliss-reactive ketones (excluding diaryl/α,β-unsaturated/α-hetero) is 1. The summed E-state index contributed by atoms with van der Waals surface area (Å²) >= 11 is 11.8. The number of carbonyl (C=O) groups is 1. The van der Waals surface area contributed by atoms with Crippen LogP contribution in [0.5, 0.6) is 0 Å². The smallest absolute Gasteiger partial charge is 0.185 e. The van der Waals surface area contributed by atoms with Gasteiger partial charge in [-0.1, -0.05) is 23.2 Å². The molecule has 1 fully saturated rings. The third-order valence-corrected chi connectivity index (χ3v) is 3.73. The van der Waals surface area contributed by atoms with Crippen molar-refractivity contribution in [2.24, 2.45) is 0 Å². The standard InChI is InChI=1S/C16H14Cl2N2O3/c17-12-3-10(4-13(18)6-12)15(21)9-20-14-5-11(7-19-8-14)16-22-1-2-23-16/h3-8,16,20H,1-2,9H2. The molecular weight excluding hydrogens is 339 g/mol. The van der Waals surface area contributed by atoms with E-state index in [1.165, 1.54) is 0 Å². The van der Waals surface area contributed by atoms with Gasteiger partial charge >= 0.3 is 0 Å². The molecule has 23 heavy (non-hydrogen) atoms. The number of anilines is 1. The Balaban J connectivity index is 1.65. The first-order valence-electron chi connectivity index (χ1n) is 7.03. The molecule has 1 aliphatic rings. The molecule has 0 atom stereocenters. The largest absolute Gasteiger partial charge is 0.376 e. The molecule has 7 heteroatoms. The van der Waals surface area contributed by atoms with E-state index in [1.54, 1.807) is 30.6 Å². The van der Waals surface area contributed by atoms with Crippen LogP contribution in [0.25, 0.3) is 0 Å². The van der Waals surface area contributed by atoms with E-state index < -0.39 is 6.29 Å². The molecule has 1 aromatic carbocycles. The number of ether oxygens (including phenoxy) is 2. The van der Waals surface area contributed by atoms with Gasteiger partial charge in [0.05, 0.1) is 25.4 Å². The first kappa shape index (κ1) is 16.2. The Morgan fingerprint density at radius 1 is 1.13 bits per heavy atom. The molecule has 1 N–H and O–H groups in total. The number of nitrogens with one attached hydrogen (secondary N) is 1. The summed E-state index contributed by atoms with van der Waals surface area (Å²) < 4.78 is 10.9. The lowest BCUT2D eigenvalue weighted by Gasteiger charge is -2.11. The maximum absolute atomic E-state index is 12.2. The zero-order valence-corrected chi connectivity index (χ0v) is 13.6. The summed E-state index contributed by atoms with van der Waals surface area (Å²) in [7, 11) is 0. The van der Waals surface area contributed by atoms with Crippen molar-refractivity contribution in [1.29, 1.82) is 0 Å². The van der Waals surface area contributed by atoms with Gasteiger partial charge in [-0.15, -0.1) is 0 Å². The van der Waals surface area contributed by atoms with E-state index >= 15 is 0 Å². The normalized spacial score (nSPS) is 14.9. The Bertz CT molecular complexity index is 698. The van der Waals surface area contributed by atoms with E-state index in [-0.39, 0.29) is 12.3 Å². The Hall–Kier alpha value is -1.66.